The first kappa shape index (κ1) is 20.2. The van der Waals surface area contributed by atoms with Crippen LogP contribution in [0.25, 0.3) is 11.3 Å². The van der Waals surface area contributed by atoms with E-state index < -0.39 is 24.0 Å². The maximum Gasteiger partial charge on any atom is 0.374 e. The van der Waals surface area contributed by atoms with Gasteiger partial charge in [0.25, 0.3) is 0 Å². The zero-order chi connectivity index (χ0) is 21.0. The second-order valence-electron chi connectivity index (χ2n) is 6.65. The normalized spacial score (nSPS) is 10.6. The fourth-order valence-corrected chi connectivity index (χ4v) is 2.89. The quantitative estimate of drug-likeness (QED) is 0.259. The molecular formula is C23H19FO5. The van der Waals surface area contributed by atoms with Gasteiger partial charge in [-0.2, -0.15) is 0 Å². The van der Waals surface area contributed by atoms with Crippen LogP contribution in [0.3, 0.4) is 0 Å². The number of carbonyl (C=O) groups excluding carboxylic acids is 3. The molecule has 0 saturated carbocycles. The van der Waals surface area contributed by atoms with Gasteiger partial charge in [0.1, 0.15) is 11.6 Å². The molecule has 0 aliphatic heterocycles. The first-order chi connectivity index (χ1) is 13.9. The Bertz CT molecular complexity index is 1050. The van der Waals surface area contributed by atoms with E-state index in [9.17, 15) is 18.8 Å². The van der Waals surface area contributed by atoms with Gasteiger partial charge in [-0.15, -0.1) is 0 Å². The van der Waals surface area contributed by atoms with Crippen molar-refractivity contribution < 1.29 is 27.9 Å². The summed E-state index contributed by atoms with van der Waals surface area (Å²) in [5, 5.41) is 0. The molecule has 0 spiro atoms. The number of halogens is 1. The number of ketones is 2. The zero-order valence-corrected chi connectivity index (χ0v) is 16.0. The lowest BCUT2D eigenvalue weighted by molar-refractivity contribution is -0.151. The minimum Gasteiger partial charge on any atom is -0.463 e. The number of furan rings is 1. The van der Waals surface area contributed by atoms with Gasteiger partial charge in [-0.05, 0) is 30.7 Å². The maximum absolute atomic E-state index is 13.2. The lowest BCUT2D eigenvalue weighted by atomic mass is 10.0. The minimum atomic E-state index is -1.08. The molecule has 29 heavy (non-hydrogen) atoms. The van der Waals surface area contributed by atoms with E-state index in [1.54, 1.807) is 18.2 Å². The molecule has 2 aromatic carbocycles. The number of aryl methyl sites for hydroxylation is 1. The summed E-state index contributed by atoms with van der Waals surface area (Å²) >= 11 is 0. The third-order valence-electron chi connectivity index (χ3n) is 4.44. The Kier molecular flexibility index (Phi) is 6.02. The Balaban J connectivity index is 1.96. The monoisotopic (exact) mass is 394 g/mol. The van der Waals surface area contributed by atoms with E-state index in [1.807, 2.05) is 31.2 Å². The van der Waals surface area contributed by atoms with Crippen LogP contribution in [0, 0.1) is 12.7 Å². The summed E-state index contributed by atoms with van der Waals surface area (Å²) in [5.74, 6) is -2.53. The summed E-state index contributed by atoms with van der Waals surface area (Å²) in [5.41, 5.74) is 3.17. The Labute approximate surface area is 167 Å². The van der Waals surface area contributed by atoms with Crippen LogP contribution in [0.2, 0.25) is 0 Å². The van der Waals surface area contributed by atoms with Crippen LogP contribution >= 0.6 is 0 Å². The van der Waals surface area contributed by atoms with Crippen molar-refractivity contribution in [2.45, 2.75) is 19.8 Å². The van der Waals surface area contributed by atoms with E-state index in [0.29, 0.717) is 17.7 Å². The molecule has 0 aliphatic carbocycles. The number of carbonyl (C=O) groups is 3. The summed E-state index contributed by atoms with van der Waals surface area (Å²) in [6.07, 6.45) is -0.340. The number of rotatable bonds is 7. The van der Waals surface area contributed by atoms with Gasteiger partial charge in [0.15, 0.2) is 5.76 Å². The Morgan fingerprint density at radius 1 is 1.00 bits per heavy atom. The largest absolute Gasteiger partial charge is 0.463 e. The van der Waals surface area contributed by atoms with E-state index in [1.165, 1.54) is 12.1 Å². The molecule has 0 amide bonds. The van der Waals surface area contributed by atoms with Crippen molar-refractivity contribution in [2.75, 3.05) is 7.11 Å². The first-order valence-corrected chi connectivity index (χ1v) is 8.96. The number of esters is 1. The third kappa shape index (κ3) is 4.85. The third-order valence-corrected chi connectivity index (χ3v) is 4.44. The van der Waals surface area contributed by atoms with Crippen molar-refractivity contribution in [2.24, 2.45) is 0 Å². The van der Waals surface area contributed by atoms with Crippen molar-refractivity contribution in [1.29, 1.82) is 0 Å². The predicted octanol–water partition coefficient (Wildman–Crippen LogP) is 4.30. The highest BCUT2D eigenvalue weighted by Crippen LogP contribution is 2.29. The predicted molar refractivity (Wildman–Crippen MR) is 104 cm³/mol. The van der Waals surface area contributed by atoms with Gasteiger partial charge in [0, 0.05) is 17.5 Å². The molecule has 5 nitrogen and oxygen atoms in total. The van der Waals surface area contributed by atoms with Gasteiger partial charge in [0.05, 0.1) is 13.5 Å². The van der Waals surface area contributed by atoms with Gasteiger partial charge in [-0.1, -0.05) is 42.0 Å². The molecule has 3 rings (SSSR count). The topological polar surface area (TPSA) is 73.6 Å². The molecule has 0 aliphatic rings. The number of benzene rings is 2. The van der Waals surface area contributed by atoms with Crippen LogP contribution in [-0.2, 0) is 20.7 Å². The lowest BCUT2D eigenvalue weighted by Gasteiger charge is -2.02. The zero-order valence-electron chi connectivity index (χ0n) is 16.0. The number of Topliss-reactive ketones (excluding diaryl/α,β-unsaturated/α-hetero) is 2. The Morgan fingerprint density at radius 3 is 2.28 bits per heavy atom. The van der Waals surface area contributed by atoms with Gasteiger partial charge in [-0.25, -0.2) is 9.18 Å². The van der Waals surface area contributed by atoms with Crippen molar-refractivity contribution in [1.82, 2.24) is 0 Å². The number of hydrogen-bond acceptors (Lipinski definition) is 5. The fraction of sp³-hybridized carbons (Fsp3) is 0.174. The molecule has 0 saturated heterocycles. The van der Waals surface area contributed by atoms with E-state index in [0.717, 1.165) is 23.8 Å². The summed E-state index contributed by atoms with van der Waals surface area (Å²) in [7, 11) is 1.08. The van der Waals surface area contributed by atoms with Crippen molar-refractivity contribution in [3.05, 3.63) is 82.9 Å². The summed E-state index contributed by atoms with van der Waals surface area (Å²) < 4.78 is 23.3. The van der Waals surface area contributed by atoms with E-state index in [2.05, 4.69) is 4.74 Å². The molecule has 0 N–H and O–H groups in total. The second-order valence-corrected chi connectivity index (χ2v) is 6.65. The average Bonchev–Trinajstić information content (AvgIpc) is 3.13. The van der Waals surface area contributed by atoms with E-state index in [4.69, 9.17) is 4.42 Å². The van der Waals surface area contributed by atoms with Crippen LogP contribution in [-0.4, -0.2) is 24.6 Å². The van der Waals surface area contributed by atoms with Crippen LogP contribution in [0.1, 0.15) is 33.7 Å². The van der Waals surface area contributed by atoms with Gasteiger partial charge in [-0.3, -0.25) is 9.59 Å². The highest BCUT2D eigenvalue weighted by atomic mass is 19.1. The molecular weight excluding hydrogens is 375 g/mol. The van der Waals surface area contributed by atoms with Gasteiger partial charge in [0.2, 0.25) is 11.6 Å². The first-order valence-electron chi connectivity index (χ1n) is 8.96. The number of ether oxygens (including phenoxy) is 1. The molecule has 3 aromatic rings. The Morgan fingerprint density at radius 2 is 1.66 bits per heavy atom. The Hall–Kier alpha value is -3.54. The molecule has 0 atom stereocenters. The number of hydrogen-bond donors (Lipinski definition) is 0. The second kappa shape index (κ2) is 8.65. The van der Waals surface area contributed by atoms with Crippen molar-refractivity contribution in [3.63, 3.8) is 0 Å². The molecule has 0 radical (unpaired) electrons. The average molecular weight is 394 g/mol. The van der Waals surface area contributed by atoms with Crippen molar-refractivity contribution >= 4 is 17.5 Å². The number of methoxy groups -OCH3 is 1. The fourth-order valence-electron chi connectivity index (χ4n) is 2.89. The molecule has 6 heteroatoms. The van der Waals surface area contributed by atoms with E-state index >= 15 is 0 Å². The summed E-state index contributed by atoms with van der Waals surface area (Å²) in [4.78, 5) is 35.8. The minimum absolute atomic E-state index is 0.00199. The highest BCUT2D eigenvalue weighted by Gasteiger charge is 2.25. The van der Waals surface area contributed by atoms with E-state index in [-0.39, 0.29) is 11.6 Å². The molecule has 148 valence electrons. The standard InChI is InChI=1S/C23H19FO5/c1-14-3-7-16(8-4-14)21-12-17(11-15-5-9-18(24)10-6-15)22(29-21)19(25)13-20(26)23(27)28-2/h3-10,12H,11,13H2,1-2H3. The molecule has 1 heterocycles. The van der Waals surface area contributed by atoms with Crippen LogP contribution in [0.4, 0.5) is 4.39 Å². The highest BCUT2D eigenvalue weighted by molar-refractivity contribution is 6.38. The summed E-state index contributed by atoms with van der Waals surface area (Å²) in [6.45, 7) is 1.96. The van der Waals surface area contributed by atoms with Gasteiger partial charge >= 0.3 is 5.97 Å². The lowest BCUT2D eigenvalue weighted by Crippen LogP contribution is -2.19. The molecule has 0 fully saturated rings. The summed E-state index contributed by atoms with van der Waals surface area (Å²) in [6, 6.07) is 15.2. The maximum atomic E-state index is 13.2. The van der Waals surface area contributed by atoms with Crippen LogP contribution in [0.15, 0.2) is 59.0 Å². The molecule has 0 unspecified atom stereocenters. The van der Waals surface area contributed by atoms with Gasteiger partial charge < -0.3 is 9.15 Å². The molecule has 0 bridgehead atoms. The van der Waals surface area contributed by atoms with Crippen LogP contribution in [0.5, 0.6) is 0 Å². The van der Waals surface area contributed by atoms with Crippen LogP contribution < -0.4 is 0 Å². The smallest absolute Gasteiger partial charge is 0.374 e. The molecule has 1 aromatic heterocycles. The van der Waals surface area contributed by atoms with Crippen molar-refractivity contribution in [3.8, 4) is 11.3 Å². The SMILES string of the molecule is COC(=O)C(=O)CC(=O)c1oc(-c2ccc(C)cc2)cc1Cc1ccc(F)cc1.